The maximum atomic E-state index is 5.99. The van der Waals surface area contributed by atoms with Crippen LogP contribution in [0.1, 0.15) is 11.1 Å². The minimum absolute atomic E-state index is 0.205. The van der Waals surface area contributed by atoms with Gasteiger partial charge in [-0.1, -0.05) is 46.5 Å². The first-order valence-corrected chi connectivity index (χ1v) is 7.81. The Balaban J connectivity index is 1.54. The molecule has 0 bridgehead atoms. The summed E-state index contributed by atoms with van der Waals surface area (Å²) in [4.78, 5) is 1.31. The van der Waals surface area contributed by atoms with Crippen molar-refractivity contribution in [1.82, 2.24) is 20.3 Å². The molecule has 7 nitrogen and oxygen atoms in total. The Morgan fingerprint density at radius 3 is 2.46 bits per heavy atom. The number of rotatable bonds is 6. The number of nitrogens with one attached hydrogen (secondary N) is 1. The quantitative estimate of drug-likeness (QED) is 0.698. The fraction of sp³-hybridized carbons (Fsp3) is 0.133. The standard InChI is InChI=1S/C15H14Cl2N6O/c16-13-6-3-11(7-14(13)17)9-24-12-4-1-10(2-5-12)8-19-23-15(18)20-21-22-23/h1-7,19H,8-9H2,(H2,18,20,22). The van der Waals surface area contributed by atoms with E-state index in [2.05, 4.69) is 21.0 Å². The number of tetrazole rings is 1. The van der Waals surface area contributed by atoms with Gasteiger partial charge in [-0.25, -0.2) is 0 Å². The van der Waals surface area contributed by atoms with Gasteiger partial charge >= 0.3 is 0 Å². The molecule has 0 saturated carbocycles. The maximum Gasteiger partial charge on any atom is 0.260 e. The molecule has 0 spiro atoms. The normalized spacial score (nSPS) is 10.6. The molecule has 0 amide bonds. The molecule has 3 N–H and O–H groups in total. The lowest BCUT2D eigenvalue weighted by Crippen LogP contribution is -2.18. The summed E-state index contributed by atoms with van der Waals surface area (Å²) in [6, 6.07) is 13.1. The highest BCUT2D eigenvalue weighted by molar-refractivity contribution is 6.42. The molecule has 0 aliphatic heterocycles. The van der Waals surface area contributed by atoms with Crippen LogP contribution in [0.3, 0.4) is 0 Å². The van der Waals surface area contributed by atoms with Crippen molar-refractivity contribution < 1.29 is 4.74 Å². The summed E-state index contributed by atoms with van der Waals surface area (Å²) in [6.07, 6.45) is 0. The van der Waals surface area contributed by atoms with Crippen LogP contribution in [0.5, 0.6) is 5.75 Å². The highest BCUT2D eigenvalue weighted by Gasteiger charge is 2.02. The monoisotopic (exact) mass is 364 g/mol. The van der Waals surface area contributed by atoms with Gasteiger partial charge in [-0.05, 0) is 45.8 Å². The average Bonchev–Trinajstić information content (AvgIpc) is 3.00. The molecule has 0 atom stereocenters. The summed E-state index contributed by atoms with van der Waals surface area (Å²) in [6.45, 7) is 0.942. The molecule has 0 aliphatic carbocycles. The molecular weight excluding hydrogens is 351 g/mol. The van der Waals surface area contributed by atoms with Gasteiger partial charge in [0.2, 0.25) is 0 Å². The van der Waals surface area contributed by atoms with Crippen LogP contribution in [-0.2, 0) is 13.2 Å². The molecule has 9 heteroatoms. The topological polar surface area (TPSA) is 90.9 Å². The number of halogens is 2. The number of ether oxygens (including phenoxy) is 1. The van der Waals surface area contributed by atoms with Crippen molar-refractivity contribution >= 4 is 29.2 Å². The van der Waals surface area contributed by atoms with Crippen molar-refractivity contribution in [3.8, 4) is 5.75 Å². The van der Waals surface area contributed by atoms with Gasteiger partial charge in [0.15, 0.2) is 0 Å². The smallest absolute Gasteiger partial charge is 0.260 e. The predicted molar refractivity (Wildman–Crippen MR) is 92.5 cm³/mol. The number of benzene rings is 2. The highest BCUT2D eigenvalue weighted by Crippen LogP contribution is 2.23. The lowest BCUT2D eigenvalue weighted by atomic mass is 10.2. The number of nitrogens with zero attached hydrogens (tertiary/aromatic N) is 4. The lowest BCUT2D eigenvalue weighted by Gasteiger charge is -2.09. The van der Waals surface area contributed by atoms with Crippen molar-refractivity contribution in [2.75, 3.05) is 11.2 Å². The lowest BCUT2D eigenvalue weighted by molar-refractivity contribution is 0.306. The van der Waals surface area contributed by atoms with Gasteiger partial charge in [0, 0.05) is 0 Å². The third-order valence-corrected chi connectivity index (χ3v) is 3.98. The molecule has 3 aromatic rings. The van der Waals surface area contributed by atoms with E-state index >= 15 is 0 Å². The van der Waals surface area contributed by atoms with E-state index in [4.69, 9.17) is 33.7 Å². The van der Waals surface area contributed by atoms with Gasteiger partial charge in [-0.3, -0.25) is 0 Å². The first-order valence-electron chi connectivity index (χ1n) is 7.05. The Hall–Kier alpha value is -2.51. The molecule has 24 heavy (non-hydrogen) atoms. The zero-order chi connectivity index (χ0) is 16.9. The van der Waals surface area contributed by atoms with Crippen molar-refractivity contribution in [1.29, 1.82) is 0 Å². The van der Waals surface area contributed by atoms with Crippen molar-refractivity contribution in [2.24, 2.45) is 0 Å². The fourth-order valence-corrected chi connectivity index (χ4v) is 2.29. The van der Waals surface area contributed by atoms with E-state index in [-0.39, 0.29) is 5.95 Å². The Bertz CT molecular complexity index is 821. The first-order chi connectivity index (χ1) is 11.6. The van der Waals surface area contributed by atoms with Gasteiger partial charge in [0.25, 0.3) is 5.95 Å². The third-order valence-electron chi connectivity index (χ3n) is 3.24. The number of hydrogen-bond donors (Lipinski definition) is 2. The van der Waals surface area contributed by atoms with Gasteiger partial charge in [0.1, 0.15) is 12.4 Å². The first kappa shape index (κ1) is 16.4. The minimum atomic E-state index is 0.205. The summed E-state index contributed by atoms with van der Waals surface area (Å²) < 4.78 is 5.73. The van der Waals surface area contributed by atoms with Crippen LogP contribution in [0.2, 0.25) is 10.0 Å². The molecule has 0 saturated heterocycles. The molecule has 1 aromatic heterocycles. The Morgan fingerprint density at radius 1 is 1.04 bits per heavy atom. The van der Waals surface area contributed by atoms with E-state index in [0.29, 0.717) is 23.2 Å². The zero-order valence-corrected chi connectivity index (χ0v) is 14.0. The number of nitrogen functional groups attached to an aromatic ring is 1. The van der Waals surface area contributed by atoms with Gasteiger partial charge in [-0.2, -0.15) is 0 Å². The second-order valence-corrected chi connectivity index (χ2v) is 5.78. The van der Waals surface area contributed by atoms with Crippen molar-refractivity contribution in [3.63, 3.8) is 0 Å². The zero-order valence-electron chi connectivity index (χ0n) is 12.5. The summed E-state index contributed by atoms with van der Waals surface area (Å²) in [5.41, 5.74) is 10.5. The van der Waals surface area contributed by atoms with Crippen LogP contribution in [0.4, 0.5) is 5.95 Å². The van der Waals surface area contributed by atoms with Crippen molar-refractivity contribution in [3.05, 3.63) is 63.6 Å². The van der Waals surface area contributed by atoms with E-state index in [1.807, 2.05) is 30.3 Å². The van der Waals surface area contributed by atoms with Crippen LogP contribution in [0, 0.1) is 0 Å². The number of aromatic nitrogens is 4. The maximum absolute atomic E-state index is 5.99. The average molecular weight is 365 g/mol. The molecule has 0 aliphatic rings. The molecule has 1 heterocycles. The highest BCUT2D eigenvalue weighted by atomic mass is 35.5. The van der Waals surface area contributed by atoms with E-state index < -0.39 is 0 Å². The molecule has 2 aromatic carbocycles. The number of anilines is 1. The SMILES string of the molecule is Nc1nnnn1NCc1ccc(OCc2ccc(Cl)c(Cl)c2)cc1. The second-order valence-electron chi connectivity index (χ2n) is 4.96. The number of hydrogen-bond acceptors (Lipinski definition) is 6. The summed E-state index contributed by atoms with van der Waals surface area (Å²) in [5.74, 6) is 0.961. The molecule has 0 radical (unpaired) electrons. The Morgan fingerprint density at radius 2 is 1.79 bits per heavy atom. The summed E-state index contributed by atoms with van der Waals surface area (Å²) in [5, 5.41) is 11.8. The molecule has 0 fully saturated rings. The minimum Gasteiger partial charge on any atom is -0.489 e. The second kappa shape index (κ2) is 7.37. The molecule has 0 unspecified atom stereocenters. The largest absolute Gasteiger partial charge is 0.489 e. The van der Waals surface area contributed by atoms with Gasteiger partial charge in [-0.15, -0.1) is 4.79 Å². The van der Waals surface area contributed by atoms with Crippen LogP contribution in [0.25, 0.3) is 0 Å². The number of nitrogens with two attached hydrogens (primary N) is 1. The predicted octanol–water partition coefficient (Wildman–Crippen LogP) is 2.88. The summed E-state index contributed by atoms with van der Waals surface area (Å²) in [7, 11) is 0. The molecule has 3 rings (SSSR count). The van der Waals surface area contributed by atoms with Crippen LogP contribution in [0.15, 0.2) is 42.5 Å². The van der Waals surface area contributed by atoms with Crippen molar-refractivity contribution in [2.45, 2.75) is 13.2 Å². The Labute approximate surface area is 148 Å². The Kier molecular flexibility index (Phi) is 5.02. The van der Waals surface area contributed by atoms with E-state index in [1.165, 1.54) is 4.79 Å². The fourth-order valence-electron chi connectivity index (χ4n) is 1.97. The van der Waals surface area contributed by atoms with Crippen LogP contribution >= 0.6 is 23.2 Å². The van der Waals surface area contributed by atoms with E-state index in [9.17, 15) is 0 Å². The van der Waals surface area contributed by atoms with E-state index in [0.717, 1.165) is 16.9 Å². The molecule has 124 valence electrons. The van der Waals surface area contributed by atoms with Gasteiger partial charge < -0.3 is 15.9 Å². The van der Waals surface area contributed by atoms with Gasteiger partial charge in [0.05, 0.1) is 16.6 Å². The molecular formula is C15H14Cl2N6O. The van der Waals surface area contributed by atoms with Crippen LogP contribution in [-0.4, -0.2) is 20.3 Å². The summed E-state index contributed by atoms with van der Waals surface area (Å²) >= 11 is 11.9. The van der Waals surface area contributed by atoms with Crippen LogP contribution < -0.4 is 15.9 Å². The third kappa shape index (κ3) is 4.06. The van der Waals surface area contributed by atoms with E-state index in [1.54, 1.807) is 12.1 Å².